The number of fused-ring (bicyclic) bond motifs is 13. The number of aromatic nitrogens is 4. The lowest BCUT2D eigenvalue weighted by Gasteiger charge is -2.14. The van der Waals surface area contributed by atoms with Crippen molar-refractivity contribution < 1.29 is 8.83 Å². The third-order valence-electron chi connectivity index (χ3n) is 11.8. The van der Waals surface area contributed by atoms with Crippen LogP contribution in [-0.2, 0) is 0 Å². The highest BCUT2D eigenvalue weighted by Crippen LogP contribution is 2.45. The highest BCUT2D eigenvalue weighted by Gasteiger charge is 2.24. The van der Waals surface area contributed by atoms with Gasteiger partial charge in [0, 0.05) is 60.0 Å². The lowest BCUT2D eigenvalue weighted by atomic mass is 9.98. The Balaban J connectivity index is 1.15. The molecule has 0 atom stereocenters. The second kappa shape index (κ2) is 12.2. The maximum absolute atomic E-state index is 6.84. The second-order valence-electron chi connectivity index (χ2n) is 15.1. The van der Waals surface area contributed by atoms with E-state index < -0.39 is 0 Å². The van der Waals surface area contributed by atoms with Crippen molar-refractivity contribution in [1.82, 2.24) is 19.5 Å². The molecule has 0 saturated carbocycles. The van der Waals surface area contributed by atoms with Crippen molar-refractivity contribution in [3.63, 3.8) is 0 Å². The summed E-state index contributed by atoms with van der Waals surface area (Å²) in [4.78, 5) is 15.9. The maximum atomic E-state index is 6.84. The summed E-state index contributed by atoms with van der Waals surface area (Å²) in [6.07, 6.45) is 0. The fourth-order valence-corrected chi connectivity index (χ4v) is 9.20. The summed E-state index contributed by atoms with van der Waals surface area (Å²) < 4.78 is 15.4. The van der Waals surface area contributed by atoms with Crippen LogP contribution in [-0.4, -0.2) is 19.5 Å². The predicted molar refractivity (Wildman–Crippen MR) is 240 cm³/mol. The van der Waals surface area contributed by atoms with Crippen molar-refractivity contribution in [3.8, 4) is 39.9 Å². The van der Waals surface area contributed by atoms with Crippen molar-refractivity contribution in [1.29, 1.82) is 0 Å². The zero-order valence-electron chi connectivity index (χ0n) is 31.4. The van der Waals surface area contributed by atoms with Crippen molar-refractivity contribution in [2.24, 2.45) is 0 Å². The Labute approximate surface area is 336 Å². The Morgan fingerprint density at radius 2 is 0.983 bits per heavy atom. The normalized spacial score (nSPS) is 12.1. The molecule has 13 aromatic rings. The average molecular weight is 755 g/mol. The molecule has 0 fully saturated rings. The summed E-state index contributed by atoms with van der Waals surface area (Å²) in [5.41, 5.74) is 9.09. The molecule has 0 unspecified atom stereocenters. The van der Waals surface area contributed by atoms with E-state index in [2.05, 4.69) is 132 Å². The molecule has 9 aromatic carbocycles. The molecule has 4 aromatic heterocycles. The van der Waals surface area contributed by atoms with Gasteiger partial charge in [-0.15, -0.1) is 0 Å². The van der Waals surface area contributed by atoms with Crippen molar-refractivity contribution in [2.75, 3.05) is 0 Å². The van der Waals surface area contributed by atoms with Gasteiger partial charge >= 0.3 is 0 Å². The lowest BCUT2D eigenvalue weighted by Crippen LogP contribution is -2.07. The van der Waals surface area contributed by atoms with E-state index in [9.17, 15) is 0 Å². The van der Waals surface area contributed by atoms with Crippen LogP contribution >= 0.6 is 0 Å². The quantitative estimate of drug-likeness (QED) is 0.179. The Morgan fingerprint density at radius 3 is 1.85 bits per heavy atom. The van der Waals surface area contributed by atoms with Crippen LogP contribution < -0.4 is 0 Å². The topological polar surface area (TPSA) is 69.9 Å². The van der Waals surface area contributed by atoms with Gasteiger partial charge in [0.2, 0.25) is 5.95 Å². The molecule has 0 radical (unpaired) electrons. The number of hydrogen-bond donors (Lipinski definition) is 0. The van der Waals surface area contributed by atoms with Gasteiger partial charge in [-0.25, -0.2) is 4.98 Å². The smallest absolute Gasteiger partial charge is 0.238 e. The predicted octanol–water partition coefficient (Wildman–Crippen LogP) is 14.1. The summed E-state index contributed by atoms with van der Waals surface area (Å²) >= 11 is 0. The van der Waals surface area contributed by atoms with Gasteiger partial charge in [-0.05, 0) is 40.4 Å². The Bertz CT molecular complexity index is 3860. The van der Waals surface area contributed by atoms with E-state index in [1.54, 1.807) is 0 Å². The molecule has 0 N–H and O–H groups in total. The van der Waals surface area contributed by atoms with Crippen LogP contribution in [0.5, 0.6) is 0 Å². The van der Waals surface area contributed by atoms with Gasteiger partial charge < -0.3 is 8.83 Å². The first-order valence-corrected chi connectivity index (χ1v) is 19.8. The van der Waals surface area contributed by atoms with Gasteiger partial charge in [-0.3, -0.25) is 4.57 Å². The SMILES string of the molecule is c1ccc(-c2nc(-c3ccc4c(c3)oc3ccccc34)nc(-n3c4c(-c5cccc6c5oc5ccc7ccccc7c56)cccc4c4ccc5ccccc5c43)n2)cc1. The van der Waals surface area contributed by atoms with Crippen molar-refractivity contribution in [3.05, 3.63) is 182 Å². The van der Waals surface area contributed by atoms with Crippen molar-refractivity contribution in [2.45, 2.75) is 0 Å². The van der Waals surface area contributed by atoms with Gasteiger partial charge in [0.25, 0.3) is 0 Å². The summed E-state index contributed by atoms with van der Waals surface area (Å²) in [6.45, 7) is 0. The minimum absolute atomic E-state index is 0.519. The molecule has 59 heavy (non-hydrogen) atoms. The number of hydrogen-bond acceptors (Lipinski definition) is 5. The molecule has 13 rings (SSSR count). The van der Waals surface area contributed by atoms with Crippen LogP contribution in [0.25, 0.3) is 127 Å². The first-order chi connectivity index (χ1) is 29.2. The summed E-state index contributed by atoms with van der Waals surface area (Å²) in [7, 11) is 0. The molecule has 6 nitrogen and oxygen atoms in total. The standard InChI is InChI=1S/C53H30N4O2/c1-2-14-33(15-3-1)51-54-52(34-25-27-38-37-18-8-9-23-44(37)58-46(38)30-34)56-53(55-51)57-48-36-17-7-5-13-32(36)24-28-41(48)39-19-10-20-40(49(39)57)42-21-11-22-43-47-35-16-6-4-12-31(35)26-29-45(47)59-50(42)43/h1-30H. The van der Waals surface area contributed by atoms with Crippen LogP contribution in [0.15, 0.2) is 191 Å². The molecule has 6 heteroatoms. The number of nitrogens with zero attached hydrogens (tertiary/aromatic N) is 4. The van der Waals surface area contributed by atoms with Gasteiger partial charge in [-0.1, -0.05) is 158 Å². The zero-order chi connectivity index (χ0) is 38.6. The van der Waals surface area contributed by atoms with E-state index in [0.717, 1.165) is 98.7 Å². The molecular formula is C53H30N4O2. The Hall–Kier alpha value is -8.09. The molecule has 4 heterocycles. The van der Waals surface area contributed by atoms with E-state index in [4.69, 9.17) is 23.8 Å². The monoisotopic (exact) mass is 754 g/mol. The van der Waals surface area contributed by atoms with Gasteiger partial charge in [0.05, 0.1) is 11.0 Å². The average Bonchev–Trinajstić information content (AvgIpc) is 3.99. The minimum atomic E-state index is 0.519. The molecule has 274 valence electrons. The third-order valence-corrected chi connectivity index (χ3v) is 11.8. The van der Waals surface area contributed by atoms with Crippen LogP contribution in [0, 0.1) is 0 Å². The second-order valence-corrected chi connectivity index (χ2v) is 15.1. The number of rotatable bonds is 4. The summed E-state index contributed by atoms with van der Waals surface area (Å²) in [5.74, 6) is 1.65. The van der Waals surface area contributed by atoms with Crippen LogP contribution in [0.1, 0.15) is 0 Å². The Morgan fingerprint density at radius 1 is 0.356 bits per heavy atom. The van der Waals surface area contributed by atoms with Crippen LogP contribution in [0.4, 0.5) is 0 Å². The van der Waals surface area contributed by atoms with Gasteiger partial charge in [-0.2, -0.15) is 9.97 Å². The fourth-order valence-electron chi connectivity index (χ4n) is 9.20. The van der Waals surface area contributed by atoms with Crippen molar-refractivity contribution >= 4 is 87.2 Å². The molecule has 0 spiro atoms. The van der Waals surface area contributed by atoms with E-state index >= 15 is 0 Å². The molecule has 0 amide bonds. The van der Waals surface area contributed by atoms with Crippen LogP contribution in [0.2, 0.25) is 0 Å². The highest BCUT2D eigenvalue weighted by molar-refractivity contribution is 6.24. The molecular weight excluding hydrogens is 725 g/mol. The summed E-state index contributed by atoms with van der Waals surface area (Å²) in [6, 6.07) is 63.2. The lowest BCUT2D eigenvalue weighted by molar-refractivity contribution is 0.669. The third kappa shape index (κ3) is 4.71. The molecule has 0 aliphatic rings. The van der Waals surface area contributed by atoms with E-state index in [-0.39, 0.29) is 0 Å². The zero-order valence-corrected chi connectivity index (χ0v) is 31.4. The minimum Gasteiger partial charge on any atom is -0.456 e. The van der Waals surface area contributed by atoms with Crippen LogP contribution in [0.3, 0.4) is 0 Å². The van der Waals surface area contributed by atoms with Gasteiger partial charge in [0.1, 0.15) is 22.3 Å². The number of para-hydroxylation sites is 3. The Kier molecular flexibility index (Phi) is 6.63. The molecule has 0 aliphatic carbocycles. The largest absolute Gasteiger partial charge is 0.456 e. The molecule has 0 bridgehead atoms. The maximum Gasteiger partial charge on any atom is 0.238 e. The molecule has 0 saturated heterocycles. The van der Waals surface area contributed by atoms with E-state index in [0.29, 0.717) is 17.6 Å². The number of furan rings is 2. The fraction of sp³-hybridized carbons (Fsp3) is 0. The summed E-state index contributed by atoms with van der Waals surface area (Å²) in [5, 5.41) is 11.1. The first-order valence-electron chi connectivity index (χ1n) is 19.8. The first kappa shape index (κ1) is 32.0. The molecule has 0 aliphatic heterocycles. The van der Waals surface area contributed by atoms with Gasteiger partial charge in [0.15, 0.2) is 11.6 Å². The highest BCUT2D eigenvalue weighted by atomic mass is 16.3. The number of benzene rings is 9. The van der Waals surface area contributed by atoms with E-state index in [1.807, 2.05) is 54.6 Å². The van der Waals surface area contributed by atoms with E-state index in [1.165, 1.54) is 10.8 Å².